The number of H-pyrrole nitrogens is 2. The molecular formula is C14H14N4O. The zero-order valence-corrected chi connectivity index (χ0v) is 10.8. The summed E-state index contributed by atoms with van der Waals surface area (Å²) in [6, 6.07) is 11.8. The Morgan fingerprint density at radius 1 is 0.947 bits per heavy atom. The second kappa shape index (κ2) is 4.61. The van der Waals surface area contributed by atoms with Crippen LogP contribution in [0.1, 0.15) is 5.69 Å². The number of methoxy groups -OCH3 is 1. The molecule has 0 aliphatic heterocycles. The van der Waals surface area contributed by atoms with Gasteiger partial charge in [0.25, 0.3) is 0 Å². The Kier molecular flexibility index (Phi) is 2.79. The average Bonchev–Trinajstić information content (AvgIpc) is 3.07. The molecular weight excluding hydrogens is 240 g/mol. The summed E-state index contributed by atoms with van der Waals surface area (Å²) < 4.78 is 5.14. The van der Waals surface area contributed by atoms with Crippen LogP contribution < -0.4 is 4.74 Å². The van der Waals surface area contributed by atoms with E-state index in [1.54, 1.807) is 7.11 Å². The number of aromatic nitrogens is 4. The molecule has 5 nitrogen and oxygen atoms in total. The minimum Gasteiger partial charge on any atom is -0.497 e. The predicted molar refractivity (Wildman–Crippen MR) is 72.9 cm³/mol. The smallest absolute Gasteiger partial charge is 0.118 e. The molecule has 0 fully saturated rings. The molecule has 96 valence electrons. The van der Waals surface area contributed by atoms with Crippen LogP contribution in [0.4, 0.5) is 0 Å². The predicted octanol–water partition coefficient (Wildman–Crippen LogP) is 2.78. The molecule has 0 aliphatic carbocycles. The van der Waals surface area contributed by atoms with Gasteiger partial charge in [-0.05, 0) is 43.3 Å². The number of nitrogens with zero attached hydrogens (tertiary/aromatic N) is 2. The first kappa shape index (κ1) is 11.5. The van der Waals surface area contributed by atoms with Gasteiger partial charge in [-0.2, -0.15) is 10.2 Å². The fourth-order valence-corrected chi connectivity index (χ4v) is 1.92. The van der Waals surface area contributed by atoms with E-state index >= 15 is 0 Å². The lowest BCUT2D eigenvalue weighted by Gasteiger charge is -1.99. The number of ether oxygens (including phenoxy) is 1. The third kappa shape index (κ3) is 2.22. The van der Waals surface area contributed by atoms with Gasteiger partial charge >= 0.3 is 0 Å². The highest BCUT2D eigenvalue weighted by molar-refractivity contribution is 5.66. The number of aromatic amines is 2. The van der Waals surface area contributed by atoms with Crippen LogP contribution in [0.5, 0.6) is 5.75 Å². The number of benzene rings is 1. The topological polar surface area (TPSA) is 66.6 Å². The largest absolute Gasteiger partial charge is 0.497 e. The number of hydrogen-bond donors (Lipinski definition) is 2. The first-order chi connectivity index (χ1) is 9.26. The lowest BCUT2D eigenvalue weighted by Crippen LogP contribution is -1.82. The number of nitrogens with one attached hydrogen (secondary N) is 2. The summed E-state index contributed by atoms with van der Waals surface area (Å²) >= 11 is 0. The molecule has 0 saturated carbocycles. The highest BCUT2D eigenvalue weighted by Crippen LogP contribution is 2.24. The number of aryl methyl sites for hydroxylation is 1. The second-order valence-electron chi connectivity index (χ2n) is 4.33. The molecule has 3 rings (SSSR count). The van der Waals surface area contributed by atoms with Crippen molar-refractivity contribution in [2.45, 2.75) is 6.92 Å². The molecule has 2 aromatic heterocycles. The van der Waals surface area contributed by atoms with Gasteiger partial charge in [0.2, 0.25) is 0 Å². The molecule has 5 heteroatoms. The monoisotopic (exact) mass is 254 g/mol. The van der Waals surface area contributed by atoms with E-state index in [1.165, 1.54) is 0 Å². The van der Waals surface area contributed by atoms with Gasteiger partial charge in [0.05, 0.1) is 18.5 Å². The minimum atomic E-state index is 0.836. The van der Waals surface area contributed by atoms with Crippen LogP contribution >= 0.6 is 0 Å². The third-order valence-corrected chi connectivity index (χ3v) is 2.95. The van der Waals surface area contributed by atoms with Crippen molar-refractivity contribution < 1.29 is 4.74 Å². The van der Waals surface area contributed by atoms with Crippen LogP contribution in [0, 0.1) is 6.92 Å². The van der Waals surface area contributed by atoms with Gasteiger partial charge in [-0.3, -0.25) is 10.2 Å². The van der Waals surface area contributed by atoms with Crippen molar-refractivity contribution in [3.63, 3.8) is 0 Å². The van der Waals surface area contributed by atoms with Gasteiger partial charge in [0, 0.05) is 11.3 Å². The zero-order chi connectivity index (χ0) is 13.2. The average molecular weight is 254 g/mol. The van der Waals surface area contributed by atoms with Crippen LogP contribution in [0.15, 0.2) is 36.4 Å². The van der Waals surface area contributed by atoms with E-state index in [1.807, 2.05) is 43.3 Å². The first-order valence-electron chi connectivity index (χ1n) is 5.98. The highest BCUT2D eigenvalue weighted by Gasteiger charge is 2.08. The van der Waals surface area contributed by atoms with E-state index < -0.39 is 0 Å². The van der Waals surface area contributed by atoms with E-state index in [-0.39, 0.29) is 0 Å². The van der Waals surface area contributed by atoms with Crippen LogP contribution in [-0.4, -0.2) is 27.5 Å². The molecule has 0 unspecified atom stereocenters. The molecule has 1 aromatic carbocycles. The highest BCUT2D eigenvalue weighted by atomic mass is 16.5. The second-order valence-corrected chi connectivity index (χ2v) is 4.33. The summed E-state index contributed by atoms with van der Waals surface area (Å²) in [6.45, 7) is 1.97. The lowest BCUT2D eigenvalue weighted by atomic mass is 10.1. The zero-order valence-electron chi connectivity index (χ0n) is 10.8. The molecule has 0 amide bonds. The Labute approximate surface area is 110 Å². The third-order valence-electron chi connectivity index (χ3n) is 2.95. The van der Waals surface area contributed by atoms with Gasteiger partial charge in [-0.15, -0.1) is 0 Å². The summed E-state index contributed by atoms with van der Waals surface area (Å²) in [5, 5.41) is 14.4. The Hall–Kier alpha value is -2.56. The molecule has 0 radical (unpaired) electrons. The van der Waals surface area contributed by atoms with E-state index in [0.717, 1.165) is 34.1 Å². The Morgan fingerprint density at radius 3 is 2.32 bits per heavy atom. The number of hydrogen-bond acceptors (Lipinski definition) is 3. The lowest BCUT2D eigenvalue weighted by molar-refractivity contribution is 0.415. The molecule has 19 heavy (non-hydrogen) atoms. The molecule has 0 bridgehead atoms. The maximum absolute atomic E-state index is 5.14. The summed E-state index contributed by atoms with van der Waals surface area (Å²) in [4.78, 5) is 0. The maximum atomic E-state index is 5.14. The summed E-state index contributed by atoms with van der Waals surface area (Å²) in [7, 11) is 1.65. The summed E-state index contributed by atoms with van der Waals surface area (Å²) in [6.07, 6.45) is 0. The van der Waals surface area contributed by atoms with Crippen molar-refractivity contribution in [3.05, 3.63) is 42.1 Å². The van der Waals surface area contributed by atoms with Crippen molar-refractivity contribution in [2.24, 2.45) is 0 Å². The Bertz CT molecular complexity index is 682. The molecule has 2 N–H and O–H groups in total. The van der Waals surface area contributed by atoms with E-state index in [4.69, 9.17) is 4.74 Å². The molecule has 0 spiro atoms. The van der Waals surface area contributed by atoms with Gasteiger partial charge in [0.15, 0.2) is 0 Å². The normalized spacial score (nSPS) is 10.6. The fourth-order valence-electron chi connectivity index (χ4n) is 1.92. The number of rotatable bonds is 3. The minimum absolute atomic E-state index is 0.836. The van der Waals surface area contributed by atoms with Crippen molar-refractivity contribution >= 4 is 0 Å². The van der Waals surface area contributed by atoms with Gasteiger partial charge in [-0.1, -0.05) is 0 Å². The Morgan fingerprint density at radius 2 is 1.68 bits per heavy atom. The molecule has 2 heterocycles. The first-order valence-corrected chi connectivity index (χ1v) is 5.98. The molecule has 0 saturated heterocycles. The van der Waals surface area contributed by atoms with Crippen molar-refractivity contribution in [1.82, 2.24) is 20.4 Å². The van der Waals surface area contributed by atoms with Crippen molar-refractivity contribution in [1.29, 1.82) is 0 Å². The standard InChI is InChI=1S/C14H14N4O/c1-9-7-13(17-15-9)14-8-12(16-18-14)10-3-5-11(19-2)6-4-10/h3-8H,1-2H3,(H,15,17)(H,16,18). The molecule has 0 atom stereocenters. The Balaban J connectivity index is 1.91. The maximum Gasteiger partial charge on any atom is 0.118 e. The van der Waals surface area contributed by atoms with Crippen LogP contribution in [0.25, 0.3) is 22.6 Å². The molecule has 3 aromatic rings. The van der Waals surface area contributed by atoms with Crippen molar-refractivity contribution in [3.8, 4) is 28.4 Å². The van der Waals surface area contributed by atoms with Crippen LogP contribution in [0.2, 0.25) is 0 Å². The molecule has 0 aliphatic rings. The van der Waals surface area contributed by atoms with E-state index in [0.29, 0.717) is 0 Å². The summed E-state index contributed by atoms with van der Waals surface area (Å²) in [5.41, 5.74) is 4.71. The van der Waals surface area contributed by atoms with Gasteiger partial charge < -0.3 is 4.74 Å². The van der Waals surface area contributed by atoms with E-state index in [2.05, 4.69) is 20.4 Å². The van der Waals surface area contributed by atoms with Crippen molar-refractivity contribution in [2.75, 3.05) is 7.11 Å². The van der Waals surface area contributed by atoms with Gasteiger partial charge in [0.1, 0.15) is 11.4 Å². The quantitative estimate of drug-likeness (QED) is 0.755. The summed E-state index contributed by atoms with van der Waals surface area (Å²) in [5.74, 6) is 0.836. The van der Waals surface area contributed by atoms with Gasteiger partial charge in [-0.25, -0.2) is 0 Å². The van der Waals surface area contributed by atoms with Crippen LogP contribution in [0.3, 0.4) is 0 Å². The van der Waals surface area contributed by atoms with Crippen LogP contribution in [-0.2, 0) is 0 Å². The fraction of sp³-hybridized carbons (Fsp3) is 0.143. The van der Waals surface area contributed by atoms with E-state index in [9.17, 15) is 0 Å². The SMILES string of the molecule is COc1ccc(-c2cc(-c3cc(C)[nH]n3)[nH]n2)cc1.